The van der Waals surface area contributed by atoms with Gasteiger partial charge in [-0.15, -0.1) is 0 Å². The molecule has 0 heterocycles. The summed E-state index contributed by atoms with van der Waals surface area (Å²) < 4.78 is 0. The van der Waals surface area contributed by atoms with Crippen LogP contribution in [0.15, 0.2) is 0 Å². The number of unbranched alkanes of at least 4 members (excludes halogenated alkanes) is 25. The van der Waals surface area contributed by atoms with Crippen molar-refractivity contribution in [3.63, 3.8) is 0 Å². The SMILES string of the molecule is CCCCCCCCCCCCCCCCC(O)CCCCCCCCCCCCCCC. The van der Waals surface area contributed by atoms with Crippen molar-refractivity contribution in [3.05, 3.63) is 0 Å². The summed E-state index contributed by atoms with van der Waals surface area (Å²) >= 11 is 0. The van der Waals surface area contributed by atoms with E-state index in [0.29, 0.717) is 0 Å². The van der Waals surface area contributed by atoms with Crippen molar-refractivity contribution in [1.29, 1.82) is 0 Å². The van der Waals surface area contributed by atoms with Gasteiger partial charge in [-0.2, -0.15) is 0 Å². The maximum Gasteiger partial charge on any atom is 0.0540 e. The fraction of sp³-hybridized carbons (Fsp3) is 1.00. The summed E-state index contributed by atoms with van der Waals surface area (Å²) in [6.45, 7) is 4.59. The van der Waals surface area contributed by atoms with Crippen LogP contribution in [-0.2, 0) is 0 Å². The standard InChI is InChI=1S/C32H66O/c1-3-5-7-9-11-13-15-17-19-21-23-25-27-29-31-32(33)30-28-26-24-22-20-18-16-14-12-10-8-6-4-2/h32-33H,3-31H2,1-2H3. The lowest BCUT2D eigenvalue weighted by Gasteiger charge is -2.10. The lowest BCUT2D eigenvalue weighted by Crippen LogP contribution is -2.05. The van der Waals surface area contributed by atoms with Gasteiger partial charge in [0.05, 0.1) is 6.10 Å². The van der Waals surface area contributed by atoms with E-state index in [-0.39, 0.29) is 6.10 Å². The van der Waals surface area contributed by atoms with Crippen LogP contribution in [-0.4, -0.2) is 11.2 Å². The van der Waals surface area contributed by atoms with Crippen molar-refractivity contribution < 1.29 is 5.11 Å². The largest absolute Gasteiger partial charge is 0.393 e. The highest BCUT2D eigenvalue weighted by Crippen LogP contribution is 2.16. The topological polar surface area (TPSA) is 20.2 Å². The molecule has 0 fully saturated rings. The summed E-state index contributed by atoms with van der Waals surface area (Å²) in [5, 5.41) is 10.2. The van der Waals surface area contributed by atoms with E-state index in [2.05, 4.69) is 13.8 Å². The molecule has 0 bridgehead atoms. The number of rotatable bonds is 29. The Labute approximate surface area is 211 Å². The van der Waals surface area contributed by atoms with Gasteiger partial charge in [0.2, 0.25) is 0 Å². The second kappa shape index (κ2) is 30.0. The third-order valence-electron chi connectivity index (χ3n) is 7.53. The lowest BCUT2D eigenvalue weighted by molar-refractivity contribution is 0.147. The Bertz CT molecular complexity index is 326. The molecule has 0 saturated heterocycles. The van der Waals surface area contributed by atoms with E-state index >= 15 is 0 Å². The predicted molar refractivity (Wildman–Crippen MR) is 151 cm³/mol. The first-order chi connectivity index (χ1) is 16.3. The highest BCUT2D eigenvalue weighted by atomic mass is 16.3. The molecule has 1 nitrogen and oxygen atoms in total. The van der Waals surface area contributed by atoms with Crippen LogP contribution in [0.1, 0.15) is 200 Å². The van der Waals surface area contributed by atoms with Crippen molar-refractivity contribution in [3.8, 4) is 0 Å². The highest BCUT2D eigenvalue weighted by molar-refractivity contribution is 4.58. The summed E-state index contributed by atoms with van der Waals surface area (Å²) in [5.74, 6) is 0. The minimum Gasteiger partial charge on any atom is -0.393 e. The first kappa shape index (κ1) is 33.0. The molecular formula is C32H66O. The Balaban J connectivity index is 3.13. The van der Waals surface area contributed by atoms with Crippen LogP contribution in [0.4, 0.5) is 0 Å². The molecule has 33 heavy (non-hydrogen) atoms. The number of aliphatic hydroxyl groups excluding tert-OH is 1. The van der Waals surface area contributed by atoms with E-state index in [4.69, 9.17) is 0 Å². The third kappa shape index (κ3) is 29.9. The van der Waals surface area contributed by atoms with E-state index in [1.165, 1.54) is 173 Å². The van der Waals surface area contributed by atoms with Gasteiger partial charge < -0.3 is 5.11 Å². The smallest absolute Gasteiger partial charge is 0.0540 e. The second-order valence-corrected chi connectivity index (χ2v) is 11.1. The maximum atomic E-state index is 10.2. The molecule has 200 valence electrons. The quantitative estimate of drug-likeness (QED) is 0.109. The normalized spacial score (nSPS) is 12.5. The third-order valence-corrected chi connectivity index (χ3v) is 7.53. The van der Waals surface area contributed by atoms with E-state index < -0.39 is 0 Å². The summed E-state index contributed by atoms with van der Waals surface area (Å²) in [5.41, 5.74) is 0. The van der Waals surface area contributed by atoms with Crippen LogP contribution >= 0.6 is 0 Å². The summed E-state index contributed by atoms with van der Waals surface area (Å²) in [6.07, 6.45) is 40.0. The molecule has 0 aromatic heterocycles. The Morgan fingerprint density at radius 3 is 0.697 bits per heavy atom. The fourth-order valence-corrected chi connectivity index (χ4v) is 5.12. The molecule has 0 aliphatic heterocycles. The Kier molecular flexibility index (Phi) is 30.0. The molecular weight excluding hydrogens is 400 g/mol. The van der Waals surface area contributed by atoms with Crippen molar-refractivity contribution in [1.82, 2.24) is 0 Å². The van der Waals surface area contributed by atoms with Crippen LogP contribution in [0.5, 0.6) is 0 Å². The summed E-state index contributed by atoms with van der Waals surface area (Å²) in [7, 11) is 0. The summed E-state index contributed by atoms with van der Waals surface area (Å²) in [4.78, 5) is 0. The second-order valence-electron chi connectivity index (χ2n) is 11.1. The van der Waals surface area contributed by atoms with Gasteiger partial charge in [0, 0.05) is 0 Å². The molecule has 1 N–H and O–H groups in total. The number of aliphatic hydroxyl groups is 1. The summed E-state index contributed by atoms with van der Waals surface area (Å²) in [6, 6.07) is 0. The van der Waals surface area contributed by atoms with Gasteiger partial charge in [-0.1, -0.05) is 187 Å². The Morgan fingerprint density at radius 2 is 0.485 bits per heavy atom. The molecule has 0 rings (SSSR count). The molecule has 0 aromatic carbocycles. The van der Waals surface area contributed by atoms with Gasteiger partial charge in [0.15, 0.2) is 0 Å². The molecule has 0 amide bonds. The maximum absolute atomic E-state index is 10.2. The van der Waals surface area contributed by atoms with Gasteiger partial charge in [-0.05, 0) is 12.8 Å². The van der Waals surface area contributed by atoms with Crippen LogP contribution < -0.4 is 0 Å². The van der Waals surface area contributed by atoms with Crippen LogP contribution in [0.3, 0.4) is 0 Å². The van der Waals surface area contributed by atoms with E-state index in [0.717, 1.165) is 12.8 Å². The Morgan fingerprint density at radius 1 is 0.303 bits per heavy atom. The first-order valence-electron chi connectivity index (χ1n) is 16.0. The van der Waals surface area contributed by atoms with Crippen molar-refractivity contribution in [2.75, 3.05) is 0 Å². The predicted octanol–water partition coefficient (Wildman–Crippen LogP) is 11.7. The minimum atomic E-state index is -0.0324. The molecule has 1 atom stereocenters. The van der Waals surface area contributed by atoms with E-state index in [9.17, 15) is 5.11 Å². The van der Waals surface area contributed by atoms with Crippen molar-refractivity contribution >= 4 is 0 Å². The average molecular weight is 467 g/mol. The van der Waals surface area contributed by atoms with Crippen LogP contribution in [0, 0.1) is 0 Å². The zero-order valence-electron chi connectivity index (χ0n) is 23.5. The molecule has 0 aromatic rings. The molecule has 0 spiro atoms. The monoisotopic (exact) mass is 467 g/mol. The van der Waals surface area contributed by atoms with Gasteiger partial charge in [0.25, 0.3) is 0 Å². The molecule has 0 radical (unpaired) electrons. The van der Waals surface area contributed by atoms with E-state index in [1.54, 1.807) is 0 Å². The zero-order chi connectivity index (χ0) is 24.1. The van der Waals surface area contributed by atoms with Crippen LogP contribution in [0.2, 0.25) is 0 Å². The van der Waals surface area contributed by atoms with Crippen LogP contribution in [0.25, 0.3) is 0 Å². The lowest BCUT2D eigenvalue weighted by atomic mass is 10.0. The molecule has 1 heteroatoms. The number of hydrogen-bond acceptors (Lipinski definition) is 1. The van der Waals surface area contributed by atoms with E-state index in [1.807, 2.05) is 0 Å². The zero-order valence-corrected chi connectivity index (χ0v) is 23.5. The van der Waals surface area contributed by atoms with Gasteiger partial charge in [0.1, 0.15) is 0 Å². The fourth-order valence-electron chi connectivity index (χ4n) is 5.12. The van der Waals surface area contributed by atoms with Gasteiger partial charge >= 0.3 is 0 Å². The van der Waals surface area contributed by atoms with Crippen molar-refractivity contribution in [2.24, 2.45) is 0 Å². The molecule has 0 aliphatic carbocycles. The Hall–Kier alpha value is -0.0400. The molecule has 0 saturated carbocycles. The van der Waals surface area contributed by atoms with Crippen molar-refractivity contribution in [2.45, 2.75) is 206 Å². The molecule has 0 aliphatic rings. The van der Waals surface area contributed by atoms with Gasteiger partial charge in [-0.3, -0.25) is 0 Å². The average Bonchev–Trinajstić information content (AvgIpc) is 2.82. The minimum absolute atomic E-state index is 0.0324. The molecule has 1 unspecified atom stereocenters. The highest BCUT2D eigenvalue weighted by Gasteiger charge is 2.04. The number of hydrogen-bond donors (Lipinski definition) is 1. The first-order valence-corrected chi connectivity index (χ1v) is 16.0. The van der Waals surface area contributed by atoms with Gasteiger partial charge in [-0.25, -0.2) is 0 Å².